The largest absolute Gasteiger partial charge is 0.745 e. The summed E-state index contributed by atoms with van der Waals surface area (Å²) in [5.41, 5.74) is 5.24. The Kier molecular flexibility index (Phi) is 4.09. The summed E-state index contributed by atoms with van der Waals surface area (Å²) < 4.78 is 5.32. The first-order chi connectivity index (χ1) is 4.12. The van der Waals surface area contributed by atoms with Gasteiger partial charge in [-0.15, -0.1) is 0 Å². The minimum absolute atomic E-state index is 0.181. The van der Waals surface area contributed by atoms with E-state index in [2.05, 4.69) is 17.2 Å². The van der Waals surface area contributed by atoms with Crippen LogP contribution in [0.4, 0.5) is 0 Å². The van der Waals surface area contributed by atoms with Gasteiger partial charge in [-0.3, -0.25) is 0 Å². The van der Waals surface area contributed by atoms with E-state index in [9.17, 15) is 0 Å². The third-order valence-electron chi connectivity index (χ3n) is 1.21. The average Bonchev–Trinajstić information content (AvgIpc) is 1.84. The molecule has 0 spiro atoms. The molecule has 9 heavy (non-hydrogen) atoms. The molecule has 0 heterocycles. The molecule has 0 bridgehead atoms. The van der Waals surface area contributed by atoms with E-state index >= 15 is 0 Å². The van der Waals surface area contributed by atoms with Crippen molar-refractivity contribution in [2.24, 2.45) is 5.73 Å². The Labute approximate surface area is 60.2 Å². The van der Waals surface area contributed by atoms with Crippen molar-refractivity contribution in [3.63, 3.8) is 0 Å². The van der Waals surface area contributed by atoms with E-state index in [4.69, 9.17) is 10.5 Å². The van der Waals surface area contributed by atoms with Crippen molar-refractivity contribution in [1.82, 2.24) is 0 Å². The van der Waals surface area contributed by atoms with Crippen molar-refractivity contribution < 1.29 is 4.74 Å². The van der Waals surface area contributed by atoms with E-state index in [-0.39, 0.29) is 5.22 Å². The van der Waals surface area contributed by atoms with Crippen molar-refractivity contribution in [2.75, 3.05) is 13.2 Å². The van der Waals surface area contributed by atoms with Gasteiger partial charge in [0.15, 0.2) is 0 Å². The second-order valence-electron chi connectivity index (χ2n) is 2.22. The van der Waals surface area contributed by atoms with Gasteiger partial charge < -0.3 is 10.5 Å². The molecule has 0 aliphatic heterocycles. The Morgan fingerprint density at radius 1 is 1.67 bits per heavy atom. The molecule has 0 aromatic rings. The first kappa shape index (κ1) is 9.14. The summed E-state index contributed by atoms with van der Waals surface area (Å²) in [6, 6.07) is 0. The van der Waals surface area contributed by atoms with Gasteiger partial charge in [-0.1, -0.05) is 6.92 Å². The fourth-order valence-corrected chi connectivity index (χ4v) is 0.488. The Hall–Kier alpha value is 0.137. The second-order valence-corrected chi connectivity index (χ2v) is 3.28. The number of ether oxygens (including phenoxy) is 1. The number of hydrogen-bond donors (Lipinski definition) is 1. The lowest BCUT2D eigenvalue weighted by atomic mass is 10.3. The maximum Gasteiger partial charge on any atom is 0.745 e. The van der Waals surface area contributed by atoms with Gasteiger partial charge in [-0.2, -0.15) is 0 Å². The highest BCUT2D eigenvalue weighted by Gasteiger charge is 2.32. The maximum absolute atomic E-state index is 5.32. The molecule has 0 saturated carbocycles. The maximum atomic E-state index is 5.32. The zero-order valence-corrected chi connectivity index (χ0v) is 7.11. The topological polar surface area (TPSA) is 35.2 Å². The summed E-state index contributed by atoms with van der Waals surface area (Å²) in [4.78, 5) is 0. The molecule has 0 aliphatic carbocycles. The molecule has 0 fully saturated rings. The molecule has 1 unspecified atom stereocenters. The molecule has 2 radical (unpaired) electrons. The molecular weight excluding hydrogens is 130 g/mol. The van der Waals surface area contributed by atoms with Gasteiger partial charge in [-0.25, -0.2) is 0 Å². The highest BCUT2D eigenvalue weighted by molar-refractivity contribution is 6.14. The van der Waals surface area contributed by atoms with Crippen LogP contribution < -0.4 is 5.73 Å². The minimum Gasteiger partial charge on any atom is -0.342 e. The number of hydrogen-bond acceptors (Lipinski definition) is 2. The molecule has 1 atom stereocenters. The second kappa shape index (κ2) is 4.03. The smallest absolute Gasteiger partial charge is 0.342 e. The first-order valence-corrected chi connectivity index (χ1v) is 3.71. The monoisotopic (exact) mass is 144 g/mol. The normalized spacial score (nSPS) is 17.2. The summed E-state index contributed by atoms with van der Waals surface area (Å²) in [6.07, 6.45) is 0.948. The van der Waals surface area contributed by atoms with Crippen LogP contribution in [0.3, 0.4) is 0 Å². The zero-order chi connectivity index (χ0) is 7.33. The Morgan fingerprint density at radius 2 is 2.22 bits per heavy atom. The molecule has 2 N–H and O–H groups in total. The molecule has 0 saturated heterocycles. The number of nitrogens with two attached hydrogens (primary N) is 1. The molecule has 3 heteroatoms. The van der Waals surface area contributed by atoms with Crippen molar-refractivity contribution in [2.45, 2.75) is 25.5 Å². The van der Waals surface area contributed by atoms with E-state index in [0.717, 1.165) is 6.42 Å². The molecular formula is C6H14NOSi+. The molecule has 0 rings (SSSR count). The molecule has 2 nitrogen and oxygen atoms in total. The van der Waals surface area contributed by atoms with Crippen LogP contribution in [0.15, 0.2) is 0 Å². The first-order valence-electron chi connectivity index (χ1n) is 3.21. The summed E-state index contributed by atoms with van der Waals surface area (Å²) in [5.74, 6) is 0. The fraction of sp³-hybridized carbons (Fsp3) is 1.00. The average molecular weight is 144 g/mol. The van der Waals surface area contributed by atoms with Gasteiger partial charge in [0.2, 0.25) is 5.22 Å². The van der Waals surface area contributed by atoms with Crippen LogP contribution in [0, 0.1) is 0 Å². The number of rotatable bonds is 4. The predicted molar refractivity (Wildman–Crippen MR) is 39.5 cm³/mol. The van der Waals surface area contributed by atoms with Crippen molar-refractivity contribution in [3.05, 3.63) is 0 Å². The molecule has 0 amide bonds. The molecule has 0 aromatic carbocycles. The standard InChI is InChI=1S/C6H14NOSi/c1-3-6(2,9)8-5-4-7/h3-5,7H2,1-2H3/q+1. The molecule has 52 valence electrons. The third-order valence-corrected chi connectivity index (χ3v) is 1.71. The van der Waals surface area contributed by atoms with Gasteiger partial charge in [0.1, 0.15) is 0 Å². The summed E-state index contributed by atoms with van der Waals surface area (Å²) in [5, 5.41) is -0.181. The van der Waals surface area contributed by atoms with E-state index in [0.29, 0.717) is 13.2 Å². The van der Waals surface area contributed by atoms with Crippen LogP contribution in [0.5, 0.6) is 0 Å². The van der Waals surface area contributed by atoms with Crippen LogP contribution in [-0.4, -0.2) is 28.6 Å². The Morgan fingerprint density at radius 3 is 2.56 bits per heavy atom. The van der Waals surface area contributed by atoms with Crippen LogP contribution in [0.2, 0.25) is 0 Å². The van der Waals surface area contributed by atoms with Crippen molar-refractivity contribution >= 4 is 10.2 Å². The van der Waals surface area contributed by atoms with Gasteiger partial charge >= 0.3 is 10.2 Å². The van der Waals surface area contributed by atoms with Crippen LogP contribution in [0.1, 0.15) is 20.3 Å². The van der Waals surface area contributed by atoms with Gasteiger partial charge in [0, 0.05) is 13.0 Å². The van der Waals surface area contributed by atoms with Crippen LogP contribution in [-0.2, 0) is 4.74 Å². The summed E-state index contributed by atoms with van der Waals surface area (Å²) in [6.45, 7) is 5.25. The van der Waals surface area contributed by atoms with E-state index in [1.165, 1.54) is 0 Å². The SMILES string of the molecule is CCC(C)([Si+])OCCN. The van der Waals surface area contributed by atoms with Gasteiger partial charge in [0.05, 0.1) is 6.61 Å². The molecule has 0 aromatic heterocycles. The van der Waals surface area contributed by atoms with Crippen LogP contribution >= 0.6 is 0 Å². The summed E-state index contributed by atoms with van der Waals surface area (Å²) >= 11 is 0. The highest BCUT2D eigenvalue weighted by atomic mass is 28.1. The highest BCUT2D eigenvalue weighted by Crippen LogP contribution is 2.07. The Balaban J connectivity index is 3.33. The van der Waals surface area contributed by atoms with E-state index < -0.39 is 0 Å². The van der Waals surface area contributed by atoms with Gasteiger partial charge in [-0.05, 0) is 6.92 Å². The van der Waals surface area contributed by atoms with Gasteiger partial charge in [0.25, 0.3) is 0 Å². The minimum atomic E-state index is -0.181. The quantitative estimate of drug-likeness (QED) is 0.574. The van der Waals surface area contributed by atoms with Crippen molar-refractivity contribution in [1.29, 1.82) is 0 Å². The predicted octanol–water partition coefficient (Wildman–Crippen LogP) is 0.256. The van der Waals surface area contributed by atoms with E-state index in [1.807, 2.05) is 6.92 Å². The third kappa shape index (κ3) is 4.63. The lowest BCUT2D eigenvalue weighted by Gasteiger charge is -2.11. The summed E-state index contributed by atoms with van der Waals surface area (Å²) in [7, 11) is 3.45. The lowest BCUT2D eigenvalue weighted by Crippen LogP contribution is -2.30. The van der Waals surface area contributed by atoms with E-state index in [1.54, 1.807) is 0 Å². The fourth-order valence-electron chi connectivity index (χ4n) is 0.386. The van der Waals surface area contributed by atoms with Crippen LogP contribution in [0.25, 0.3) is 0 Å². The Bertz CT molecular complexity index is 75.5. The zero-order valence-electron chi connectivity index (χ0n) is 6.11. The molecule has 0 aliphatic rings. The van der Waals surface area contributed by atoms with Crippen molar-refractivity contribution in [3.8, 4) is 0 Å². The lowest BCUT2D eigenvalue weighted by molar-refractivity contribution is 0.0348.